The van der Waals surface area contributed by atoms with E-state index < -0.39 is 5.97 Å². The summed E-state index contributed by atoms with van der Waals surface area (Å²) in [5.74, 6) is 1.77. The number of hydrogen-bond acceptors (Lipinski definition) is 3. The minimum atomic E-state index is -0.608. The van der Waals surface area contributed by atoms with Gasteiger partial charge in [0.15, 0.2) is 0 Å². The second kappa shape index (κ2) is 5.19. The number of nitrogens with zero attached hydrogens (tertiary/aromatic N) is 1. The van der Waals surface area contributed by atoms with Crippen molar-refractivity contribution < 1.29 is 9.90 Å². The Morgan fingerprint density at radius 1 is 1.35 bits per heavy atom. The zero-order valence-electron chi connectivity index (χ0n) is 10.8. The summed E-state index contributed by atoms with van der Waals surface area (Å²) in [4.78, 5) is 13.4. The molecule has 2 fully saturated rings. The monoisotopic (exact) mass is 257 g/mol. The lowest BCUT2D eigenvalue weighted by atomic mass is 9.86. The number of likely N-dealkylation sites (tertiary alicyclic amines) is 1. The maximum Gasteiger partial charge on any atom is 0.306 e. The number of carboxylic acid groups (broad SMARTS) is 1. The van der Waals surface area contributed by atoms with Crippen molar-refractivity contribution in [3.63, 3.8) is 0 Å². The number of thioether (sulfide) groups is 1. The van der Waals surface area contributed by atoms with Gasteiger partial charge < -0.3 is 5.11 Å². The van der Waals surface area contributed by atoms with Crippen molar-refractivity contribution in [2.45, 2.75) is 39.2 Å². The van der Waals surface area contributed by atoms with E-state index in [-0.39, 0.29) is 5.92 Å². The molecule has 0 amide bonds. The van der Waals surface area contributed by atoms with Crippen LogP contribution in [0.2, 0.25) is 0 Å². The highest BCUT2D eigenvalue weighted by molar-refractivity contribution is 7.99. The zero-order chi connectivity index (χ0) is 12.5. The molecular formula is C13H23NO2S. The van der Waals surface area contributed by atoms with E-state index in [1.54, 1.807) is 0 Å². The van der Waals surface area contributed by atoms with Crippen molar-refractivity contribution in [3.8, 4) is 0 Å². The highest BCUT2D eigenvalue weighted by atomic mass is 32.2. The molecule has 0 aromatic heterocycles. The van der Waals surface area contributed by atoms with Gasteiger partial charge in [-0.2, -0.15) is 11.8 Å². The molecule has 4 heteroatoms. The van der Waals surface area contributed by atoms with E-state index in [0.29, 0.717) is 11.5 Å². The van der Waals surface area contributed by atoms with Gasteiger partial charge >= 0.3 is 5.97 Å². The Hall–Kier alpha value is -0.220. The fraction of sp³-hybridized carbons (Fsp3) is 0.923. The second-order valence-electron chi connectivity index (χ2n) is 6.19. The SMILES string of the molecule is CC1(C)CSCC(N2CCC(C(=O)O)CC2)C1. The number of aliphatic carboxylic acids is 1. The standard InChI is InChI=1S/C13H23NO2S/c1-13(2)7-11(8-17-9-13)14-5-3-10(4-6-14)12(15)16/h10-11H,3-9H2,1-2H3,(H,15,16). The normalized spacial score (nSPS) is 31.3. The van der Waals surface area contributed by atoms with E-state index in [2.05, 4.69) is 30.5 Å². The quantitative estimate of drug-likeness (QED) is 0.824. The Morgan fingerprint density at radius 3 is 2.53 bits per heavy atom. The first kappa shape index (κ1) is 13.2. The lowest BCUT2D eigenvalue weighted by Crippen LogP contribution is -2.47. The molecule has 3 nitrogen and oxygen atoms in total. The van der Waals surface area contributed by atoms with Crippen LogP contribution >= 0.6 is 11.8 Å². The first-order valence-corrected chi connectivity index (χ1v) is 7.68. The number of piperidine rings is 1. The Bertz CT molecular complexity index is 285. The first-order chi connectivity index (χ1) is 7.98. The van der Waals surface area contributed by atoms with Crippen molar-refractivity contribution in [3.05, 3.63) is 0 Å². The molecule has 98 valence electrons. The molecule has 0 saturated carbocycles. The predicted molar refractivity (Wildman–Crippen MR) is 71.4 cm³/mol. The molecule has 17 heavy (non-hydrogen) atoms. The van der Waals surface area contributed by atoms with Gasteiger partial charge in [0.25, 0.3) is 0 Å². The van der Waals surface area contributed by atoms with Gasteiger partial charge in [-0.15, -0.1) is 0 Å². The summed E-state index contributed by atoms with van der Waals surface area (Å²) < 4.78 is 0. The van der Waals surface area contributed by atoms with Crippen LogP contribution in [0, 0.1) is 11.3 Å². The Labute approximate surface area is 108 Å². The van der Waals surface area contributed by atoms with Crippen LogP contribution in [-0.2, 0) is 4.79 Å². The summed E-state index contributed by atoms with van der Waals surface area (Å²) in [7, 11) is 0. The molecule has 0 radical (unpaired) electrons. The Kier molecular flexibility index (Phi) is 4.03. The van der Waals surface area contributed by atoms with Gasteiger partial charge in [0.1, 0.15) is 0 Å². The maximum atomic E-state index is 10.9. The van der Waals surface area contributed by atoms with Crippen LogP contribution in [0.15, 0.2) is 0 Å². The van der Waals surface area contributed by atoms with Crippen molar-refractivity contribution in [1.29, 1.82) is 0 Å². The van der Waals surface area contributed by atoms with Gasteiger partial charge in [0, 0.05) is 11.8 Å². The fourth-order valence-electron chi connectivity index (χ4n) is 2.97. The van der Waals surface area contributed by atoms with Crippen LogP contribution in [0.3, 0.4) is 0 Å². The van der Waals surface area contributed by atoms with E-state index in [4.69, 9.17) is 5.11 Å². The Morgan fingerprint density at radius 2 is 2.00 bits per heavy atom. The summed E-state index contributed by atoms with van der Waals surface area (Å²) in [5, 5.41) is 9.00. The molecule has 2 aliphatic rings. The highest BCUT2D eigenvalue weighted by Crippen LogP contribution is 2.36. The molecule has 1 atom stereocenters. The van der Waals surface area contributed by atoms with Crippen LogP contribution in [0.4, 0.5) is 0 Å². The van der Waals surface area contributed by atoms with E-state index in [1.807, 2.05) is 0 Å². The highest BCUT2D eigenvalue weighted by Gasteiger charge is 2.34. The molecule has 2 heterocycles. The van der Waals surface area contributed by atoms with E-state index in [0.717, 1.165) is 25.9 Å². The third kappa shape index (κ3) is 3.38. The summed E-state index contributed by atoms with van der Waals surface area (Å²) in [6, 6.07) is 0.665. The molecule has 0 aliphatic carbocycles. The molecule has 1 unspecified atom stereocenters. The minimum Gasteiger partial charge on any atom is -0.481 e. The lowest BCUT2D eigenvalue weighted by Gasteiger charge is -2.43. The van der Waals surface area contributed by atoms with Crippen LogP contribution in [0.5, 0.6) is 0 Å². The van der Waals surface area contributed by atoms with Crippen LogP contribution in [0.1, 0.15) is 33.1 Å². The molecular weight excluding hydrogens is 234 g/mol. The maximum absolute atomic E-state index is 10.9. The van der Waals surface area contributed by atoms with E-state index in [1.165, 1.54) is 17.9 Å². The van der Waals surface area contributed by atoms with E-state index in [9.17, 15) is 4.79 Å². The average Bonchev–Trinajstić information content (AvgIpc) is 2.28. The summed E-state index contributed by atoms with van der Waals surface area (Å²) in [5.41, 5.74) is 0.442. The van der Waals surface area contributed by atoms with Crippen LogP contribution in [-0.4, -0.2) is 46.6 Å². The third-order valence-corrected chi connectivity index (χ3v) is 5.59. The van der Waals surface area contributed by atoms with Crippen molar-refractivity contribution in [2.24, 2.45) is 11.3 Å². The molecule has 0 spiro atoms. The van der Waals surface area contributed by atoms with Crippen LogP contribution in [0.25, 0.3) is 0 Å². The Balaban J connectivity index is 1.86. The van der Waals surface area contributed by atoms with Gasteiger partial charge in [-0.1, -0.05) is 13.8 Å². The third-order valence-electron chi connectivity index (χ3n) is 3.99. The van der Waals surface area contributed by atoms with Crippen molar-refractivity contribution >= 4 is 17.7 Å². The fourth-order valence-corrected chi connectivity index (χ4v) is 4.36. The number of carbonyl (C=O) groups is 1. The first-order valence-electron chi connectivity index (χ1n) is 6.52. The van der Waals surface area contributed by atoms with Gasteiger partial charge in [0.05, 0.1) is 5.92 Å². The van der Waals surface area contributed by atoms with E-state index >= 15 is 0 Å². The molecule has 2 saturated heterocycles. The molecule has 2 aliphatic heterocycles. The number of rotatable bonds is 2. The van der Waals surface area contributed by atoms with Gasteiger partial charge in [-0.3, -0.25) is 9.69 Å². The average molecular weight is 257 g/mol. The number of carboxylic acids is 1. The number of hydrogen-bond donors (Lipinski definition) is 1. The van der Waals surface area contributed by atoms with Crippen molar-refractivity contribution in [2.75, 3.05) is 24.6 Å². The molecule has 0 bridgehead atoms. The largest absolute Gasteiger partial charge is 0.481 e. The molecule has 0 aromatic rings. The summed E-state index contributed by atoms with van der Waals surface area (Å²) in [6.45, 7) is 6.63. The molecule has 1 N–H and O–H groups in total. The summed E-state index contributed by atoms with van der Waals surface area (Å²) in [6.07, 6.45) is 2.92. The van der Waals surface area contributed by atoms with Gasteiger partial charge in [-0.05, 0) is 43.5 Å². The second-order valence-corrected chi connectivity index (χ2v) is 7.22. The zero-order valence-corrected chi connectivity index (χ0v) is 11.6. The minimum absolute atomic E-state index is 0.101. The molecule has 2 rings (SSSR count). The molecule has 0 aromatic carbocycles. The lowest BCUT2D eigenvalue weighted by molar-refractivity contribution is -0.143. The van der Waals surface area contributed by atoms with Gasteiger partial charge in [-0.25, -0.2) is 0 Å². The predicted octanol–water partition coefficient (Wildman–Crippen LogP) is 2.31. The topological polar surface area (TPSA) is 40.5 Å². The summed E-state index contributed by atoms with van der Waals surface area (Å²) >= 11 is 2.05. The van der Waals surface area contributed by atoms with Gasteiger partial charge in [0.2, 0.25) is 0 Å². The smallest absolute Gasteiger partial charge is 0.306 e. The van der Waals surface area contributed by atoms with Crippen molar-refractivity contribution in [1.82, 2.24) is 4.90 Å². The van der Waals surface area contributed by atoms with Crippen LogP contribution < -0.4 is 0 Å².